The third kappa shape index (κ3) is 4.94. The number of ether oxygens (including phenoxy) is 1. The van der Waals surface area contributed by atoms with E-state index in [-0.39, 0.29) is 12.4 Å². The molecule has 0 aliphatic heterocycles. The van der Waals surface area contributed by atoms with Crippen molar-refractivity contribution in [2.45, 2.75) is 13.8 Å². The predicted octanol–water partition coefficient (Wildman–Crippen LogP) is 2.12. The molecule has 2 aromatic carbocycles. The first kappa shape index (κ1) is 21.5. The maximum absolute atomic E-state index is 12.3. The molecule has 0 fully saturated rings. The zero-order valence-electron chi connectivity index (χ0n) is 17.9. The second kappa shape index (κ2) is 9.15. The fraction of sp³-hybridized carbons (Fsp3) is 0.130. The summed E-state index contributed by atoms with van der Waals surface area (Å²) in [5, 5.41) is 13.0. The highest BCUT2D eigenvalue weighted by Crippen LogP contribution is 2.22. The number of nitrogens with one attached hydrogen (secondary N) is 2. The van der Waals surface area contributed by atoms with Gasteiger partial charge in [0.15, 0.2) is 6.61 Å². The van der Waals surface area contributed by atoms with E-state index in [1.54, 1.807) is 24.3 Å². The average Bonchev–Trinajstić information content (AvgIpc) is 3.26. The number of aromatic nitrogens is 4. The third-order valence-electron chi connectivity index (χ3n) is 4.71. The Morgan fingerprint density at radius 3 is 2.33 bits per heavy atom. The van der Waals surface area contributed by atoms with Gasteiger partial charge in [0.2, 0.25) is 5.82 Å². The summed E-state index contributed by atoms with van der Waals surface area (Å²) < 4.78 is 6.91. The molecule has 10 nitrogen and oxygen atoms in total. The fourth-order valence-electron chi connectivity index (χ4n) is 3.11. The number of aryl methyl sites for hydroxylation is 2. The molecule has 164 valence electrons. The lowest BCUT2D eigenvalue weighted by molar-refractivity contribution is -0.123. The van der Waals surface area contributed by atoms with Crippen molar-refractivity contribution in [3.8, 4) is 22.9 Å². The van der Waals surface area contributed by atoms with Gasteiger partial charge in [0.05, 0.1) is 11.6 Å². The molecule has 0 atom stereocenters. The van der Waals surface area contributed by atoms with E-state index in [1.807, 2.05) is 44.2 Å². The summed E-state index contributed by atoms with van der Waals surface area (Å²) in [5.74, 6) is -0.536. The maximum Gasteiger partial charge on any atom is 0.309 e. The lowest BCUT2D eigenvalue weighted by Crippen LogP contribution is -2.44. The van der Waals surface area contributed by atoms with Gasteiger partial charge in [-0.15, -0.1) is 5.10 Å². The first-order chi connectivity index (χ1) is 15.9. The van der Waals surface area contributed by atoms with E-state index in [0.717, 1.165) is 22.5 Å². The number of fused-ring (bicyclic) bond motifs is 1. The van der Waals surface area contributed by atoms with Crippen LogP contribution in [0.25, 0.3) is 16.9 Å². The van der Waals surface area contributed by atoms with Gasteiger partial charge in [0.25, 0.3) is 11.7 Å². The van der Waals surface area contributed by atoms with Crippen molar-refractivity contribution in [3.05, 3.63) is 77.4 Å². The van der Waals surface area contributed by atoms with Crippen LogP contribution in [0.4, 0.5) is 0 Å². The van der Waals surface area contributed by atoms with Crippen molar-refractivity contribution < 1.29 is 14.3 Å². The Balaban J connectivity index is 1.29. The molecule has 0 unspecified atom stereocenters. The smallest absolute Gasteiger partial charge is 0.309 e. The monoisotopic (exact) mass is 441 g/mol. The minimum absolute atomic E-state index is 0.115. The number of amides is 2. The molecule has 0 spiro atoms. The van der Waals surface area contributed by atoms with E-state index in [4.69, 9.17) is 10.00 Å². The molecule has 2 amide bonds. The minimum Gasteiger partial charge on any atom is -0.484 e. The summed E-state index contributed by atoms with van der Waals surface area (Å²) in [6.07, 6.45) is 0. The quantitative estimate of drug-likeness (QED) is 0.453. The molecule has 0 radical (unpaired) electrons. The van der Waals surface area contributed by atoms with E-state index >= 15 is 0 Å². The maximum atomic E-state index is 12.3. The Morgan fingerprint density at radius 2 is 1.67 bits per heavy atom. The van der Waals surface area contributed by atoms with Crippen LogP contribution in [0.5, 0.6) is 5.75 Å². The van der Waals surface area contributed by atoms with E-state index in [2.05, 4.69) is 32.0 Å². The molecule has 33 heavy (non-hydrogen) atoms. The molecule has 2 aromatic heterocycles. The molecule has 4 aromatic rings. The number of carbonyl (C=O) groups is 2. The van der Waals surface area contributed by atoms with Crippen molar-refractivity contribution >= 4 is 17.6 Å². The van der Waals surface area contributed by atoms with E-state index in [0.29, 0.717) is 17.1 Å². The normalized spacial score (nSPS) is 10.5. The van der Waals surface area contributed by atoms with Crippen LogP contribution in [0.3, 0.4) is 0 Å². The number of nitrogens with zero attached hydrogens (tertiary/aromatic N) is 5. The Bertz CT molecular complexity index is 1370. The summed E-state index contributed by atoms with van der Waals surface area (Å²) in [6.45, 7) is 3.35. The summed E-state index contributed by atoms with van der Waals surface area (Å²) in [6, 6.07) is 18.3. The third-order valence-corrected chi connectivity index (χ3v) is 4.71. The molecule has 2 N–H and O–H groups in total. The lowest BCUT2D eigenvalue weighted by atomic mass is 10.0. The molecule has 0 bridgehead atoms. The van der Waals surface area contributed by atoms with Gasteiger partial charge in [-0.1, -0.05) is 24.3 Å². The van der Waals surface area contributed by atoms with Crippen LogP contribution in [0.1, 0.15) is 27.6 Å². The Labute approximate surface area is 188 Å². The van der Waals surface area contributed by atoms with Gasteiger partial charge < -0.3 is 4.74 Å². The Hall–Kier alpha value is -4.78. The van der Waals surface area contributed by atoms with Gasteiger partial charge in [-0.05, 0) is 55.3 Å². The number of hydrazine groups is 1. The lowest BCUT2D eigenvalue weighted by Gasteiger charge is -2.08. The highest BCUT2D eigenvalue weighted by atomic mass is 16.5. The number of carbonyl (C=O) groups excluding carboxylic acids is 2. The predicted molar refractivity (Wildman–Crippen MR) is 118 cm³/mol. The van der Waals surface area contributed by atoms with Crippen molar-refractivity contribution in [3.63, 3.8) is 0 Å². The van der Waals surface area contributed by atoms with Gasteiger partial charge in [0.1, 0.15) is 5.75 Å². The summed E-state index contributed by atoms with van der Waals surface area (Å²) >= 11 is 0. The molecule has 0 saturated carbocycles. The zero-order valence-corrected chi connectivity index (χ0v) is 17.9. The van der Waals surface area contributed by atoms with Crippen molar-refractivity contribution in [2.24, 2.45) is 0 Å². The van der Waals surface area contributed by atoms with Gasteiger partial charge >= 0.3 is 5.91 Å². The van der Waals surface area contributed by atoms with Gasteiger partial charge in [-0.2, -0.15) is 10.2 Å². The summed E-state index contributed by atoms with van der Waals surface area (Å²) in [5.41, 5.74) is 8.58. The first-order valence-electron chi connectivity index (χ1n) is 9.96. The Kier molecular flexibility index (Phi) is 5.95. The number of hydrogen-bond acceptors (Lipinski definition) is 7. The highest BCUT2D eigenvalue weighted by molar-refractivity contribution is 5.92. The number of rotatable bonds is 5. The number of benzene rings is 2. The second-order valence-corrected chi connectivity index (χ2v) is 7.19. The average molecular weight is 441 g/mol. The van der Waals surface area contributed by atoms with Crippen molar-refractivity contribution in [1.29, 1.82) is 5.26 Å². The number of hydrogen-bond donors (Lipinski definition) is 2. The van der Waals surface area contributed by atoms with E-state index in [9.17, 15) is 9.59 Å². The van der Waals surface area contributed by atoms with Crippen LogP contribution in [-0.4, -0.2) is 38.0 Å². The van der Waals surface area contributed by atoms with Gasteiger partial charge in [-0.25, -0.2) is 9.50 Å². The largest absolute Gasteiger partial charge is 0.484 e. The topological polar surface area (TPSA) is 134 Å². The van der Waals surface area contributed by atoms with Crippen LogP contribution in [0, 0.1) is 25.2 Å². The first-order valence-corrected chi connectivity index (χ1v) is 9.96. The molecule has 2 heterocycles. The van der Waals surface area contributed by atoms with Crippen molar-refractivity contribution in [2.75, 3.05) is 6.61 Å². The van der Waals surface area contributed by atoms with E-state index < -0.39 is 11.8 Å². The molecule has 0 saturated heterocycles. The zero-order chi connectivity index (χ0) is 23.4. The molecule has 10 heteroatoms. The standard InChI is InChI=1S/C23H19N7O3/c1-14-11-15(2)30-23(25-14)26-21(29-30)22(32)28-27-20(31)13-33-19-9-7-18(8-10-19)17-5-3-16(12-24)4-6-17/h3-11H,13H2,1-2H3,(H,27,31)(H,28,32). The summed E-state index contributed by atoms with van der Waals surface area (Å²) in [7, 11) is 0. The second-order valence-electron chi connectivity index (χ2n) is 7.19. The van der Waals surface area contributed by atoms with Crippen LogP contribution in [0.2, 0.25) is 0 Å². The highest BCUT2D eigenvalue weighted by Gasteiger charge is 2.16. The van der Waals surface area contributed by atoms with Gasteiger partial charge in [-0.3, -0.25) is 20.4 Å². The van der Waals surface area contributed by atoms with Crippen molar-refractivity contribution in [1.82, 2.24) is 30.4 Å². The number of nitriles is 1. The molecular weight excluding hydrogens is 422 g/mol. The van der Waals surface area contributed by atoms with E-state index in [1.165, 1.54) is 4.52 Å². The van der Waals surface area contributed by atoms with Gasteiger partial charge in [0, 0.05) is 11.4 Å². The summed E-state index contributed by atoms with van der Waals surface area (Å²) in [4.78, 5) is 32.6. The Morgan fingerprint density at radius 1 is 1.00 bits per heavy atom. The van der Waals surface area contributed by atoms with Crippen LogP contribution in [-0.2, 0) is 4.79 Å². The van der Waals surface area contributed by atoms with Crippen LogP contribution in [0.15, 0.2) is 54.6 Å². The van der Waals surface area contributed by atoms with Crippen LogP contribution >= 0.6 is 0 Å². The SMILES string of the molecule is Cc1cc(C)n2nc(C(=O)NNC(=O)COc3ccc(-c4ccc(C#N)cc4)cc3)nc2n1. The molecular formula is C23H19N7O3. The fourth-order valence-corrected chi connectivity index (χ4v) is 3.11. The minimum atomic E-state index is -0.669. The molecule has 4 rings (SSSR count). The van der Waals surface area contributed by atoms with Crippen LogP contribution < -0.4 is 15.6 Å². The molecule has 0 aliphatic rings. The molecule has 0 aliphatic carbocycles.